The summed E-state index contributed by atoms with van der Waals surface area (Å²) in [6.07, 6.45) is 0.410. The van der Waals surface area contributed by atoms with Gasteiger partial charge in [-0.2, -0.15) is 0 Å². The highest BCUT2D eigenvalue weighted by Crippen LogP contribution is 2.28. The van der Waals surface area contributed by atoms with Crippen molar-refractivity contribution >= 4 is 15.9 Å². The van der Waals surface area contributed by atoms with Gasteiger partial charge in [-0.25, -0.2) is 9.37 Å². The smallest absolute Gasteiger partial charge is 0.146 e. The Hall–Kier alpha value is -1.66. The Bertz CT molecular complexity index is 637. The number of nitrogens with zero attached hydrogens (tertiary/aromatic N) is 1. The van der Waals surface area contributed by atoms with E-state index in [-0.39, 0.29) is 5.69 Å². The molecule has 0 aliphatic carbocycles. The summed E-state index contributed by atoms with van der Waals surface area (Å²) in [7, 11) is 3.16. The molecule has 1 heterocycles. The molecular formula is C15H16BrFN2O2. The van der Waals surface area contributed by atoms with E-state index in [9.17, 15) is 4.39 Å². The molecule has 1 unspecified atom stereocenters. The second kappa shape index (κ2) is 6.87. The van der Waals surface area contributed by atoms with Gasteiger partial charge in [-0.15, -0.1) is 0 Å². The number of nitrogens with two attached hydrogens (primary N) is 1. The van der Waals surface area contributed by atoms with Gasteiger partial charge >= 0.3 is 0 Å². The van der Waals surface area contributed by atoms with Crippen LogP contribution >= 0.6 is 15.9 Å². The largest absolute Gasteiger partial charge is 0.497 e. The van der Waals surface area contributed by atoms with Gasteiger partial charge in [-0.1, -0.05) is 6.07 Å². The molecule has 1 atom stereocenters. The number of rotatable bonds is 5. The number of aromatic nitrogens is 1. The molecule has 2 rings (SSSR count). The third-order valence-corrected chi connectivity index (χ3v) is 3.57. The van der Waals surface area contributed by atoms with Gasteiger partial charge in [0.1, 0.15) is 21.9 Å². The van der Waals surface area contributed by atoms with Crippen LogP contribution in [-0.2, 0) is 6.42 Å². The summed E-state index contributed by atoms with van der Waals surface area (Å²) < 4.78 is 24.8. The maximum absolute atomic E-state index is 13.8. The van der Waals surface area contributed by atoms with Crippen LogP contribution in [0.2, 0.25) is 0 Å². The second-order valence-electron chi connectivity index (χ2n) is 4.49. The average Bonchev–Trinajstić information content (AvgIpc) is 2.49. The summed E-state index contributed by atoms with van der Waals surface area (Å²) in [5.41, 5.74) is 7.17. The molecule has 0 aliphatic heterocycles. The third-order valence-electron chi connectivity index (χ3n) is 3.12. The fraction of sp³-hybridized carbons (Fsp3) is 0.267. The lowest BCUT2D eigenvalue weighted by molar-refractivity contribution is 0.389. The first kappa shape index (κ1) is 15.7. The number of hydrogen-bond acceptors (Lipinski definition) is 4. The molecule has 0 spiro atoms. The summed E-state index contributed by atoms with van der Waals surface area (Å²) in [5.74, 6) is 0.925. The molecule has 112 valence electrons. The maximum Gasteiger partial charge on any atom is 0.146 e. The van der Waals surface area contributed by atoms with Crippen molar-refractivity contribution in [3.8, 4) is 11.5 Å². The van der Waals surface area contributed by atoms with Gasteiger partial charge in [0.05, 0.1) is 26.0 Å². The standard InChI is InChI=1S/C15H16BrFN2O2/c1-20-10-4-3-9(13(8-10)21-2)7-12(18)15-11(17)5-6-14(16)19-15/h3-6,8,12H,7,18H2,1-2H3. The van der Waals surface area contributed by atoms with Crippen LogP contribution in [0.4, 0.5) is 4.39 Å². The predicted molar refractivity (Wildman–Crippen MR) is 82.1 cm³/mol. The first-order valence-corrected chi connectivity index (χ1v) is 7.13. The third kappa shape index (κ3) is 3.71. The van der Waals surface area contributed by atoms with Crippen LogP contribution in [0.25, 0.3) is 0 Å². The van der Waals surface area contributed by atoms with Crippen LogP contribution in [-0.4, -0.2) is 19.2 Å². The molecule has 2 N–H and O–H groups in total. The maximum atomic E-state index is 13.8. The van der Waals surface area contributed by atoms with Crippen LogP contribution in [0.15, 0.2) is 34.9 Å². The van der Waals surface area contributed by atoms with Gasteiger partial charge in [0.15, 0.2) is 0 Å². The summed E-state index contributed by atoms with van der Waals surface area (Å²) >= 11 is 3.22. The number of benzene rings is 1. The van der Waals surface area contributed by atoms with Gasteiger partial charge < -0.3 is 15.2 Å². The Labute approximate surface area is 131 Å². The van der Waals surface area contributed by atoms with E-state index in [2.05, 4.69) is 20.9 Å². The summed E-state index contributed by atoms with van der Waals surface area (Å²) in [5, 5.41) is 0. The lowest BCUT2D eigenvalue weighted by Crippen LogP contribution is -2.17. The van der Waals surface area contributed by atoms with Crippen molar-refractivity contribution in [1.82, 2.24) is 4.98 Å². The number of pyridine rings is 1. The van der Waals surface area contributed by atoms with E-state index in [0.29, 0.717) is 22.5 Å². The highest BCUT2D eigenvalue weighted by Gasteiger charge is 2.17. The van der Waals surface area contributed by atoms with Crippen molar-refractivity contribution < 1.29 is 13.9 Å². The summed E-state index contributed by atoms with van der Waals surface area (Å²) in [4.78, 5) is 4.11. The fourth-order valence-corrected chi connectivity index (χ4v) is 2.37. The van der Waals surface area contributed by atoms with E-state index in [0.717, 1.165) is 5.56 Å². The molecule has 4 nitrogen and oxygen atoms in total. The van der Waals surface area contributed by atoms with Crippen LogP contribution in [0.5, 0.6) is 11.5 Å². The van der Waals surface area contributed by atoms with Crippen LogP contribution < -0.4 is 15.2 Å². The zero-order valence-corrected chi connectivity index (χ0v) is 13.4. The molecule has 6 heteroatoms. The summed E-state index contributed by atoms with van der Waals surface area (Å²) in [6.45, 7) is 0. The zero-order chi connectivity index (χ0) is 15.4. The molecule has 21 heavy (non-hydrogen) atoms. The van der Waals surface area contributed by atoms with E-state index in [1.54, 1.807) is 26.4 Å². The first-order valence-electron chi connectivity index (χ1n) is 6.33. The van der Waals surface area contributed by atoms with Crippen LogP contribution in [0.1, 0.15) is 17.3 Å². The van der Waals surface area contributed by atoms with Crippen molar-refractivity contribution in [2.45, 2.75) is 12.5 Å². The zero-order valence-electron chi connectivity index (χ0n) is 11.8. The Morgan fingerprint density at radius 2 is 2.00 bits per heavy atom. The minimum Gasteiger partial charge on any atom is -0.497 e. The molecule has 1 aromatic heterocycles. The quantitative estimate of drug-likeness (QED) is 0.837. The van der Waals surface area contributed by atoms with Gasteiger partial charge in [-0.3, -0.25) is 0 Å². The van der Waals surface area contributed by atoms with Crippen molar-refractivity contribution in [1.29, 1.82) is 0 Å². The minimum atomic E-state index is -0.565. The Morgan fingerprint density at radius 3 is 2.67 bits per heavy atom. The van der Waals surface area contributed by atoms with Gasteiger partial charge in [0.2, 0.25) is 0 Å². The van der Waals surface area contributed by atoms with Crippen LogP contribution in [0, 0.1) is 5.82 Å². The molecule has 0 amide bonds. The van der Waals surface area contributed by atoms with Gasteiger partial charge in [0, 0.05) is 6.07 Å². The number of halogens is 2. The Kier molecular flexibility index (Phi) is 5.14. The number of methoxy groups -OCH3 is 2. The molecule has 2 aromatic rings. The molecule has 0 saturated carbocycles. The molecule has 0 saturated heterocycles. The van der Waals surface area contributed by atoms with E-state index in [1.165, 1.54) is 6.07 Å². The van der Waals surface area contributed by atoms with Crippen molar-refractivity contribution in [2.75, 3.05) is 14.2 Å². The van der Waals surface area contributed by atoms with Crippen molar-refractivity contribution in [3.63, 3.8) is 0 Å². The molecular weight excluding hydrogens is 339 g/mol. The number of hydrogen-bond donors (Lipinski definition) is 1. The van der Waals surface area contributed by atoms with E-state index >= 15 is 0 Å². The van der Waals surface area contributed by atoms with Crippen molar-refractivity contribution in [3.05, 3.63) is 52.0 Å². The predicted octanol–water partition coefficient (Wildman–Crippen LogP) is 3.24. The van der Waals surface area contributed by atoms with E-state index < -0.39 is 11.9 Å². The molecule has 0 aliphatic rings. The lowest BCUT2D eigenvalue weighted by atomic mass is 10.0. The molecule has 0 bridgehead atoms. The number of ether oxygens (including phenoxy) is 2. The molecule has 1 aromatic carbocycles. The van der Waals surface area contributed by atoms with Crippen LogP contribution in [0.3, 0.4) is 0 Å². The van der Waals surface area contributed by atoms with E-state index in [1.807, 2.05) is 12.1 Å². The van der Waals surface area contributed by atoms with Gasteiger partial charge in [0.25, 0.3) is 0 Å². The second-order valence-corrected chi connectivity index (χ2v) is 5.30. The van der Waals surface area contributed by atoms with Gasteiger partial charge in [-0.05, 0) is 46.1 Å². The Morgan fingerprint density at radius 1 is 1.24 bits per heavy atom. The van der Waals surface area contributed by atoms with E-state index in [4.69, 9.17) is 15.2 Å². The minimum absolute atomic E-state index is 0.224. The molecule has 0 radical (unpaired) electrons. The highest BCUT2D eigenvalue weighted by molar-refractivity contribution is 9.10. The normalized spacial score (nSPS) is 12.0. The highest BCUT2D eigenvalue weighted by atomic mass is 79.9. The monoisotopic (exact) mass is 354 g/mol. The SMILES string of the molecule is COc1ccc(CC(N)c2nc(Br)ccc2F)c(OC)c1. The first-order chi connectivity index (χ1) is 10.0. The van der Waals surface area contributed by atoms with Crippen molar-refractivity contribution in [2.24, 2.45) is 5.73 Å². The topological polar surface area (TPSA) is 57.4 Å². The average molecular weight is 355 g/mol. The lowest BCUT2D eigenvalue weighted by Gasteiger charge is -2.15. The Balaban J connectivity index is 2.26. The fourth-order valence-electron chi connectivity index (χ4n) is 2.05. The summed E-state index contributed by atoms with van der Waals surface area (Å²) in [6, 6.07) is 7.76. The molecule has 0 fully saturated rings.